The largest absolute Gasteiger partial charge is 0.469 e. The van der Waals surface area contributed by atoms with Gasteiger partial charge in [0, 0.05) is 11.6 Å². The van der Waals surface area contributed by atoms with Crippen LogP contribution in [-0.2, 0) is 22.5 Å². The first kappa shape index (κ1) is 12.5. The number of hydrogen-bond acceptors (Lipinski definition) is 4. The highest BCUT2D eigenvalue weighted by atomic mass is 35.5. The Labute approximate surface area is 98.6 Å². The smallest absolute Gasteiger partial charge is 0.310 e. The van der Waals surface area contributed by atoms with E-state index >= 15 is 0 Å². The topological polar surface area (TPSA) is 76.1 Å². The zero-order valence-electron chi connectivity index (χ0n) is 8.79. The molecule has 0 radical (unpaired) electrons. The first-order valence-electron chi connectivity index (χ1n) is 4.60. The average Bonchev–Trinajstić information content (AvgIpc) is 2.30. The third-order valence-corrected chi connectivity index (χ3v) is 2.53. The van der Waals surface area contributed by atoms with Gasteiger partial charge in [0.15, 0.2) is 0 Å². The van der Waals surface area contributed by atoms with E-state index in [1.165, 1.54) is 13.2 Å². The highest BCUT2D eigenvalue weighted by molar-refractivity contribution is 6.31. The van der Waals surface area contributed by atoms with E-state index < -0.39 is 5.97 Å². The van der Waals surface area contributed by atoms with Crippen molar-refractivity contribution in [1.29, 1.82) is 5.26 Å². The van der Waals surface area contributed by atoms with Crippen LogP contribution in [0.1, 0.15) is 16.7 Å². The molecule has 0 aliphatic carbocycles. The lowest BCUT2D eigenvalue weighted by molar-refractivity contribution is -0.139. The monoisotopic (exact) mass is 238 g/mol. The zero-order chi connectivity index (χ0) is 12.1. The lowest BCUT2D eigenvalue weighted by Crippen LogP contribution is -2.08. The van der Waals surface area contributed by atoms with Gasteiger partial charge in [0.1, 0.15) is 0 Å². The van der Waals surface area contributed by atoms with Crippen molar-refractivity contribution in [3.05, 3.63) is 33.8 Å². The Hall–Kier alpha value is -1.57. The number of methoxy groups -OCH3 is 1. The van der Waals surface area contributed by atoms with Crippen molar-refractivity contribution in [2.75, 3.05) is 7.11 Å². The predicted molar refractivity (Wildman–Crippen MR) is 59.8 cm³/mol. The Bertz CT molecular complexity index is 452. The maximum atomic E-state index is 11.1. The van der Waals surface area contributed by atoms with Gasteiger partial charge >= 0.3 is 5.97 Å². The molecular weight excluding hydrogens is 228 g/mol. The lowest BCUT2D eigenvalue weighted by atomic mass is 10.0. The number of benzene rings is 1. The molecule has 0 heterocycles. The van der Waals surface area contributed by atoms with E-state index in [1.54, 1.807) is 6.07 Å². The molecule has 0 saturated carbocycles. The van der Waals surface area contributed by atoms with Crippen molar-refractivity contribution >= 4 is 17.6 Å². The minimum Gasteiger partial charge on any atom is -0.469 e. The molecule has 0 aliphatic heterocycles. The van der Waals surface area contributed by atoms with Crippen LogP contribution in [0.25, 0.3) is 0 Å². The summed E-state index contributed by atoms with van der Waals surface area (Å²) < 4.78 is 4.54. The first-order chi connectivity index (χ1) is 7.62. The number of nitriles is 1. The number of rotatable bonds is 3. The summed E-state index contributed by atoms with van der Waals surface area (Å²) in [6, 6.07) is 5.16. The Morgan fingerprint density at radius 3 is 2.75 bits per heavy atom. The van der Waals surface area contributed by atoms with Gasteiger partial charge in [0.2, 0.25) is 0 Å². The van der Waals surface area contributed by atoms with Gasteiger partial charge in [-0.05, 0) is 17.2 Å². The number of hydrogen-bond donors (Lipinski definition) is 1. The maximum absolute atomic E-state index is 11.1. The average molecular weight is 239 g/mol. The highest BCUT2D eigenvalue weighted by Gasteiger charge is 2.11. The number of nitrogens with zero attached hydrogens (tertiary/aromatic N) is 1. The van der Waals surface area contributed by atoms with E-state index in [1.807, 2.05) is 6.07 Å². The molecule has 1 aromatic carbocycles. The molecule has 1 aromatic rings. The van der Waals surface area contributed by atoms with Crippen molar-refractivity contribution in [3.63, 3.8) is 0 Å². The number of carbonyl (C=O) groups excluding carboxylic acids is 1. The van der Waals surface area contributed by atoms with Crippen LogP contribution < -0.4 is 5.73 Å². The summed E-state index contributed by atoms with van der Waals surface area (Å²) in [6.07, 6.45) is 0.0452. The molecule has 0 atom stereocenters. The Morgan fingerprint density at radius 2 is 2.25 bits per heavy atom. The summed E-state index contributed by atoms with van der Waals surface area (Å²) in [6.45, 7) is 0.263. The van der Waals surface area contributed by atoms with Gasteiger partial charge < -0.3 is 10.5 Å². The molecule has 2 N–H and O–H groups in total. The van der Waals surface area contributed by atoms with Gasteiger partial charge in [0.25, 0.3) is 0 Å². The highest BCUT2D eigenvalue weighted by Crippen LogP contribution is 2.21. The predicted octanol–water partition coefficient (Wildman–Crippen LogP) is 1.39. The van der Waals surface area contributed by atoms with E-state index in [0.717, 1.165) is 0 Å². The van der Waals surface area contributed by atoms with Crippen LogP contribution in [0.15, 0.2) is 12.1 Å². The lowest BCUT2D eigenvalue weighted by Gasteiger charge is -2.07. The first-order valence-corrected chi connectivity index (χ1v) is 4.98. The van der Waals surface area contributed by atoms with E-state index in [2.05, 4.69) is 4.74 Å². The molecule has 0 aliphatic rings. The van der Waals surface area contributed by atoms with Crippen molar-refractivity contribution in [1.82, 2.24) is 0 Å². The summed E-state index contributed by atoms with van der Waals surface area (Å²) in [5, 5.41) is 9.34. The molecule has 84 valence electrons. The van der Waals surface area contributed by atoms with Crippen LogP contribution in [0.3, 0.4) is 0 Å². The Balaban J connectivity index is 3.16. The number of halogens is 1. The number of ether oxygens (including phenoxy) is 1. The van der Waals surface area contributed by atoms with Crippen LogP contribution in [0, 0.1) is 11.3 Å². The molecule has 0 bridgehead atoms. The zero-order valence-corrected chi connectivity index (χ0v) is 9.54. The van der Waals surface area contributed by atoms with Gasteiger partial charge in [-0.25, -0.2) is 0 Å². The normalized spacial score (nSPS) is 9.62. The van der Waals surface area contributed by atoms with Crippen LogP contribution in [-0.4, -0.2) is 13.1 Å². The van der Waals surface area contributed by atoms with Gasteiger partial charge in [-0.2, -0.15) is 5.26 Å². The summed E-state index contributed by atoms with van der Waals surface area (Å²) in [7, 11) is 1.30. The van der Waals surface area contributed by atoms with E-state index in [4.69, 9.17) is 22.6 Å². The van der Waals surface area contributed by atoms with Gasteiger partial charge in [-0.15, -0.1) is 0 Å². The van der Waals surface area contributed by atoms with Crippen LogP contribution in [0.5, 0.6) is 0 Å². The van der Waals surface area contributed by atoms with Crippen LogP contribution in [0.2, 0.25) is 5.02 Å². The molecule has 1 rings (SSSR count). The second kappa shape index (κ2) is 5.50. The second-order valence-corrected chi connectivity index (χ2v) is 3.58. The Morgan fingerprint density at radius 1 is 1.56 bits per heavy atom. The fourth-order valence-electron chi connectivity index (χ4n) is 1.30. The standard InChI is InChI=1S/C11H11ClN2O2/c1-16-11(15)4-7-2-9(6-14)10(12)3-8(7)5-13/h2-3H,4,6,14H2,1H3. The van der Waals surface area contributed by atoms with Crippen molar-refractivity contribution in [3.8, 4) is 6.07 Å². The number of esters is 1. The van der Waals surface area contributed by atoms with Crippen molar-refractivity contribution < 1.29 is 9.53 Å². The quantitative estimate of drug-likeness (QED) is 0.808. The summed E-state index contributed by atoms with van der Waals surface area (Å²) >= 11 is 5.90. The van der Waals surface area contributed by atoms with Gasteiger partial charge in [0.05, 0.1) is 25.2 Å². The third-order valence-electron chi connectivity index (χ3n) is 2.18. The van der Waals surface area contributed by atoms with E-state index in [-0.39, 0.29) is 13.0 Å². The summed E-state index contributed by atoms with van der Waals surface area (Å²) in [4.78, 5) is 11.1. The van der Waals surface area contributed by atoms with Crippen molar-refractivity contribution in [2.24, 2.45) is 5.73 Å². The minimum absolute atomic E-state index is 0.0452. The minimum atomic E-state index is -0.401. The second-order valence-electron chi connectivity index (χ2n) is 3.17. The molecule has 0 unspecified atom stereocenters. The van der Waals surface area contributed by atoms with Crippen LogP contribution >= 0.6 is 11.6 Å². The molecule has 0 spiro atoms. The van der Waals surface area contributed by atoms with Crippen molar-refractivity contribution in [2.45, 2.75) is 13.0 Å². The van der Waals surface area contributed by atoms with Gasteiger partial charge in [-0.1, -0.05) is 17.7 Å². The molecule has 0 aromatic heterocycles. The third kappa shape index (κ3) is 2.72. The number of nitrogens with two attached hydrogens (primary N) is 1. The number of carbonyl (C=O) groups is 1. The van der Waals surface area contributed by atoms with E-state index in [9.17, 15) is 4.79 Å². The molecule has 16 heavy (non-hydrogen) atoms. The molecule has 4 nitrogen and oxygen atoms in total. The van der Waals surface area contributed by atoms with E-state index in [0.29, 0.717) is 21.7 Å². The molecule has 0 fully saturated rings. The summed E-state index contributed by atoms with van der Waals surface area (Å²) in [5.41, 5.74) is 7.15. The fourth-order valence-corrected chi connectivity index (χ4v) is 1.54. The fraction of sp³-hybridized carbons (Fsp3) is 0.273. The Kier molecular flexibility index (Phi) is 4.29. The molecule has 0 amide bonds. The molecule has 5 heteroatoms. The molecule has 0 saturated heterocycles. The maximum Gasteiger partial charge on any atom is 0.310 e. The van der Waals surface area contributed by atoms with Gasteiger partial charge in [-0.3, -0.25) is 4.79 Å². The molecular formula is C11H11ClN2O2. The SMILES string of the molecule is COC(=O)Cc1cc(CN)c(Cl)cc1C#N. The summed E-state index contributed by atoms with van der Waals surface area (Å²) in [5.74, 6) is -0.401. The van der Waals surface area contributed by atoms with Crippen LogP contribution in [0.4, 0.5) is 0 Å².